The van der Waals surface area contributed by atoms with Crippen LogP contribution in [0.15, 0.2) is 55.1 Å². The molecular weight excluding hydrogens is 158 g/mol. The van der Waals surface area contributed by atoms with E-state index in [1.54, 1.807) is 0 Å². The Labute approximate surface area is 78.5 Å². The van der Waals surface area contributed by atoms with Crippen molar-refractivity contribution in [2.24, 2.45) is 0 Å². The minimum absolute atomic E-state index is 0.946. The Kier molecular flexibility index (Phi) is 2.13. The van der Waals surface area contributed by atoms with Crippen molar-refractivity contribution >= 4 is 10.8 Å². The van der Waals surface area contributed by atoms with Crippen molar-refractivity contribution in [1.29, 1.82) is 0 Å². The van der Waals surface area contributed by atoms with E-state index < -0.39 is 0 Å². The fourth-order valence-corrected chi connectivity index (χ4v) is 1.63. The Morgan fingerprint density at radius 3 is 2.77 bits per heavy atom. The zero-order valence-electron chi connectivity index (χ0n) is 7.53. The first-order valence-electron chi connectivity index (χ1n) is 4.49. The van der Waals surface area contributed by atoms with E-state index in [2.05, 4.69) is 49.0 Å². The molecule has 2 aromatic rings. The second-order valence-electron chi connectivity index (χ2n) is 3.13. The Hall–Kier alpha value is -1.56. The van der Waals surface area contributed by atoms with E-state index >= 15 is 0 Å². The molecule has 0 radical (unpaired) electrons. The van der Waals surface area contributed by atoms with Crippen molar-refractivity contribution in [1.82, 2.24) is 0 Å². The highest BCUT2D eigenvalue weighted by molar-refractivity contribution is 5.85. The molecule has 0 aliphatic heterocycles. The van der Waals surface area contributed by atoms with E-state index in [4.69, 9.17) is 0 Å². The lowest BCUT2D eigenvalue weighted by Crippen LogP contribution is -1.82. The van der Waals surface area contributed by atoms with Gasteiger partial charge in [-0.3, -0.25) is 0 Å². The van der Waals surface area contributed by atoms with E-state index in [0.717, 1.165) is 6.42 Å². The molecule has 0 atom stereocenters. The molecule has 0 nitrogen and oxygen atoms in total. The second-order valence-corrected chi connectivity index (χ2v) is 3.13. The van der Waals surface area contributed by atoms with Crippen LogP contribution in [0.4, 0.5) is 0 Å². The van der Waals surface area contributed by atoms with Gasteiger partial charge in [0.1, 0.15) is 0 Å². The molecule has 0 fully saturated rings. The van der Waals surface area contributed by atoms with Crippen molar-refractivity contribution in [2.75, 3.05) is 0 Å². The third kappa shape index (κ3) is 1.48. The minimum atomic E-state index is 0.946. The van der Waals surface area contributed by atoms with Gasteiger partial charge in [0.05, 0.1) is 0 Å². The number of fused-ring (bicyclic) bond motifs is 1. The molecule has 64 valence electrons. The summed E-state index contributed by atoms with van der Waals surface area (Å²) in [5.41, 5.74) is 1.35. The zero-order valence-corrected chi connectivity index (χ0v) is 7.53. The Morgan fingerprint density at radius 1 is 1.15 bits per heavy atom. The SMILES string of the molecule is C=CC[14c]1cccc2ccccc21. The lowest BCUT2D eigenvalue weighted by atomic mass is 10.2. The summed E-state index contributed by atoms with van der Waals surface area (Å²) < 4.78 is 0. The highest BCUT2D eigenvalue weighted by Crippen LogP contribution is 2.18. The van der Waals surface area contributed by atoms with Crippen LogP contribution in [0.2, 0.25) is 0 Å². The fraction of sp³-hybridized carbons (Fsp3) is 0.0769. The standard InChI is InChI=1S/C13H12/c1-2-6-11-8-5-9-12-7-3-4-10-13(11)12/h2-5,7-10H,1,6H2/i11+2. The number of benzene rings is 2. The Balaban J connectivity index is 2.68. The first-order valence-corrected chi connectivity index (χ1v) is 4.49. The quantitative estimate of drug-likeness (QED) is 0.604. The van der Waals surface area contributed by atoms with Gasteiger partial charge < -0.3 is 0 Å². The van der Waals surface area contributed by atoms with Gasteiger partial charge in [-0.25, -0.2) is 0 Å². The maximum atomic E-state index is 3.76. The van der Waals surface area contributed by atoms with E-state index in [9.17, 15) is 0 Å². The largest absolute Gasteiger partial charge is 0.103 e. The fourth-order valence-electron chi connectivity index (χ4n) is 1.63. The van der Waals surface area contributed by atoms with Crippen LogP contribution in [-0.2, 0) is 6.42 Å². The summed E-state index contributed by atoms with van der Waals surface area (Å²) in [6, 6.07) is 14.8. The predicted molar refractivity (Wildman–Crippen MR) is 57.8 cm³/mol. The first-order chi connectivity index (χ1) is 6.42. The zero-order chi connectivity index (χ0) is 9.10. The second kappa shape index (κ2) is 3.44. The third-order valence-electron chi connectivity index (χ3n) is 2.24. The molecule has 2 rings (SSSR count). The molecule has 0 spiro atoms. The van der Waals surface area contributed by atoms with E-state index in [1.807, 2.05) is 6.08 Å². The maximum absolute atomic E-state index is 3.76. The van der Waals surface area contributed by atoms with Gasteiger partial charge in [-0.05, 0) is 22.8 Å². The summed E-state index contributed by atoms with van der Waals surface area (Å²) in [6.07, 6.45) is 2.89. The normalized spacial score (nSPS) is 10.2. The van der Waals surface area contributed by atoms with Gasteiger partial charge in [-0.2, -0.15) is 0 Å². The van der Waals surface area contributed by atoms with Crippen LogP contribution in [0.3, 0.4) is 0 Å². The monoisotopic (exact) mass is 170 g/mol. The van der Waals surface area contributed by atoms with Gasteiger partial charge in [-0.1, -0.05) is 48.5 Å². The summed E-state index contributed by atoms with van der Waals surface area (Å²) in [7, 11) is 0. The molecule has 0 aliphatic carbocycles. The molecule has 0 bridgehead atoms. The van der Waals surface area contributed by atoms with Crippen LogP contribution in [-0.4, -0.2) is 0 Å². The van der Waals surface area contributed by atoms with Gasteiger partial charge in [-0.15, -0.1) is 6.58 Å². The topological polar surface area (TPSA) is 0 Å². The molecule has 13 heavy (non-hydrogen) atoms. The van der Waals surface area contributed by atoms with Gasteiger partial charge in [0, 0.05) is 0 Å². The van der Waals surface area contributed by atoms with Gasteiger partial charge in [0.15, 0.2) is 0 Å². The number of allylic oxidation sites excluding steroid dienone is 1. The van der Waals surface area contributed by atoms with E-state index in [0.29, 0.717) is 0 Å². The molecule has 0 saturated heterocycles. The summed E-state index contributed by atoms with van der Waals surface area (Å²) in [6.45, 7) is 3.76. The number of hydrogen-bond acceptors (Lipinski definition) is 0. The van der Waals surface area contributed by atoms with Crippen LogP contribution in [0, 0.1) is 0 Å². The molecule has 0 saturated carbocycles. The lowest BCUT2D eigenvalue weighted by molar-refractivity contribution is 1.31. The molecule has 0 heteroatoms. The number of hydrogen-bond donors (Lipinski definition) is 0. The molecule has 0 N–H and O–H groups in total. The molecule has 0 aromatic heterocycles. The third-order valence-corrected chi connectivity index (χ3v) is 2.24. The summed E-state index contributed by atoms with van der Waals surface area (Å²) in [5, 5.41) is 2.65. The molecule has 0 heterocycles. The van der Waals surface area contributed by atoms with Crippen LogP contribution < -0.4 is 0 Å². The van der Waals surface area contributed by atoms with Gasteiger partial charge >= 0.3 is 0 Å². The average Bonchev–Trinajstić information content (AvgIpc) is 2.19. The van der Waals surface area contributed by atoms with E-state index in [-0.39, 0.29) is 0 Å². The number of rotatable bonds is 2. The first kappa shape index (κ1) is 8.06. The van der Waals surface area contributed by atoms with Crippen LogP contribution in [0.1, 0.15) is 5.56 Å². The summed E-state index contributed by atoms with van der Waals surface area (Å²) in [4.78, 5) is 0. The smallest absolute Gasteiger partial charge is 0.00940 e. The maximum Gasteiger partial charge on any atom is -0.00940 e. The lowest BCUT2D eigenvalue weighted by Gasteiger charge is -2.02. The van der Waals surface area contributed by atoms with Gasteiger partial charge in [0.25, 0.3) is 0 Å². The van der Waals surface area contributed by atoms with Gasteiger partial charge in [0.2, 0.25) is 0 Å². The highest BCUT2D eigenvalue weighted by Gasteiger charge is 1.96. The molecule has 0 aliphatic rings. The van der Waals surface area contributed by atoms with Crippen LogP contribution in [0.25, 0.3) is 10.8 Å². The van der Waals surface area contributed by atoms with Crippen molar-refractivity contribution < 1.29 is 0 Å². The van der Waals surface area contributed by atoms with E-state index in [1.165, 1.54) is 16.3 Å². The highest BCUT2D eigenvalue weighted by atomic mass is 14.9. The Morgan fingerprint density at radius 2 is 1.92 bits per heavy atom. The average molecular weight is 170 g/mol. The Bertz CT molecular complexity index is 421. The van der Waals surface area contributed by atoms with Crippen LogP contribution in [0.5, 0.6) is 0 Å². The molecular formula is C13H12. The minimum Gasteiger partial charge on any atom is -0.103 e. The van der Waals surface area contributed by atoms with Crippen molar-refractivity contribution in [2.45, 2.75) is 6.42 Å². The summed E-state index contributed by atoms with van der Waals surface area (Å²) >= 11 is 0. The summed E-state index contributed by atoms with van der Waals surface area (Å²) in [5.74, 6) is 0. The van der Waals surface area contributed by atoms with Crippen molar-refractivity contribution in [3.05, 3.63) is 60.7 Å². The van der Waals surface area contributed by atoms with Crippen molar-refractivity contribution in [3.63, 3.8) is 0 Å². The molecule has 0 amide bonds. The molecule has 2 aromatic carbocycles. The van der Waals surface area contributed by atoms with Crippen LogP contribution >= 0.6 is 0 Å². The predicted octanol–water partition coefficient (Wildman–Crippen LogP) is 3.57. The molecule has 0 unspecified atom stereocenters. The van der Waals surface area contributed by atoms with Crippen molar-refractivity contribution in [3.8, 4) is 0 Å².